The van der Waals surface area contributed by atoms with Gasteiger partial charge in [0.1, 0.15) is 5.76 Å². The molecule has 1 aromatic carbocycles. The van der Waals surface area contributed by atoms with E-state index in [2.05, 4.69) is 0 Å². The van der Waals surface area contributed by atoms with Gasteiger partial charge in [-0.05, 0) is 31.3 Å². The standard InChI is InChI=1S/C15H15F2NO2/c1-18(10-11-4-3-9-20-11)8-7-14(19)12-5-2-6-13(16)15(12)17/h2-6,9H,7-8,10H2,1H3. The number of carbonyl (C=O) groups excluding carboxylic acids is 1. The van der Waals surface area contributed by atoms with E-state index < -0.39 is 17.4 Å². The number of nitrogens with zero attached hydrogens (tertiary/aromatic N) is 1. The number of halogens is 2. The predicted octanol–water partition coefficient (Wildman–Crippen LogP) is 3.26. The van der Waals surface area contributed by atoms with Crippen molar-refractivity contribution in [2.24, 2.45) is 0 Å². The van der Waals surface area contributed by atoms with Crippen molar-refractivity contribution in [1.29, 1.82) is 0 Å². The lowest BCUT2D eigenvalue weighted by atomic mass is 10.1. The molecule has 0 aliphatic heterocycles. The molecule has 0 atom stereocenters. The van der Waals surface area contributed by atoms with E-state index in [1.54, 1.807) is 12.3 Å². The number of rotatable bonds is 6. The van der Waals surface area contributed by atoms with Crippen LogP contribution in [0.25, 0.3) is 0 Å². The Balaban J connectivity index is 1.90. The summed E-state index contributed by atoms with van der Waals surface area (Å²) in [4.78, 5) is 13.8. The summed E-state index contributed by atoms with van der Waals surface area (Å²) in [7, 11) is 1.83. The quantitative estimate of drug-likeness (QED) is 0.761. The molecule has 0 amide bonds. The molecule has 3 nitrogen and oxygen atoms in total. The van der Waals surface area contributed by atoms with E-state index >= 15 is 0 Å². The highest BCUT2D eigenvalue weighted by atomic mass is 19.2. The minimum Gasteiger partial charge on any atom is -0.468 e. The second-order valence-corrected chi connectivity index (χ2v) is 4.59. The molecule has 0 bridgehead atoms. The molecule has 2 aromatic rings. The fourth-order valence-electron chi connectivity index (χ4n) is 1.89. The molecule has 0 N–H and O–H groups in total. The van der Waals surface area contributed by atoms with Crippen LogP contribution in [0.3, 0.4) is 0 Å². The average Bonchev–Trinajstić information content (AvgIpc) is 2.92. The van der Waals surface area contributed by atoms with Crippen molar-refractivity contribution in [3.63, 3.8) is 0 Å². The molecule has 0 radical (unpaired) electrons. The molecule has 0 saturated carbocycles. The predicted molar refractivity (Wildman–Crippen MR) is 70.3 cm³/mol. The van der Waals surface area contributed by atoms with Crippen LogP contribution in [-0.2, 0) is 6.54 Å². The Bertz CT molecular complexity index is 582. The molecule has 0 spiro atoms. The van der Waals surface area contributed by atoms with Crippen LogP contribution in [0.1, 0.15) is 22.5 Å². The number of Topliss-reactive ketones (excluding diaryl/α,β-unsaturated/α-hetero) is 1. The van der Waals surface area contributed by atoms with Gasteiger partial charge in [0.25, 0.3) is 0 Å². The molecular weight excluding hydrogens is 264 g/mol. The van der Waals surface area contributed by atoms with E-state index in [4.69, 9.17) is 4.42 Å². The van der Waals surface area contributed by atoms with E-state index in [1.165, 1.54) is 12.1 Å². The lowest BCUT2D eigenvalue weighted by molar-refractivity contribution is 0.0961. The summed E-state index contributed by atoms with van der Waals surface area (Å²) in [6.07, 6.45) is 1.70. The highest BCUT2D eigenvalue weighted by Crippen LogP contribution is 2.14. The highest BCUT2D eigenvalue weighted by Gasteiger charge is 2.15. The number of benzene rings is 1. The fourth-order valence-corrected chi connectivity index (χ4v) is 1.89. The summed E-state index contributed by atoms with van der Waals surface area (Å²) in [5.74, 6) is -1.70. The van der Waals surface area contributed by atoms with Crippen molar-refractivity contribution in [2.75, 3.05) is 13.6 Å². The Morgan fingerprint density at radius 2 is 2.05 bits per heavy atom. The molecule has 0 fully saturated rings. The minimum atomic E-state index is -1.08. The van der Waals surface area contributed by atoms with Gasteiger partial charge in [-0.3, -0.25) is 9.69 Å². The van der Waals surface area contributed by atoms with Crippen LogP contribution in [0.2, 0.25) is 0 Å². The third-order valence-corrected chi connectivity index (χ3v) is 2.98. The smallest absolute Gasteiger partial charge is 0.169 e. The van der Waals surface area contributed by atoms with Crippen molar-refractivity contribution < 1.29 is 18.0 Å². The SMILES string of the molecule is CN(CCC(=O)c1cccc(F)c1F)Cc1ccco1. The molecule has 0 aliphatic carbocycles. The van der Waals surface area contributed by atoms with Gasteiger partial charge in [-0.2, -0.15) is 0 Å². The summed E-state index contributed by atoms with van der Waals surface area (Å²) in [6, 6.07) is 7.25. The van der Waals surface area contributed by atoms with Gasteiger partial charge in [-0.15, -0.1) is 0 Å². The maximum absolute atomic E-state index is 13.5. The van der Waals surface area contributed by atoms with Crippen LogP contribution in [0.4, 0.5) is 8.78 Å². The lowest BCUT2D eigenvalue weighted by Crippen LogP contribution is -2.21. The first kappa shape index (κ1) is 14.4. The van der Waals surface area contributed by atoms with Crippen LogP contribution >= 0.6 is 0 Å². The van der Waals surface area contributed by atoms with Crippen LogP contribution < -0.4 is 0 Å². The normalized spacial score (nSPS) is 11.0. The summed E-state index contributed by atoms with van der Waals surface area (Å²) in [5, 5.41) is 0. The Morgan fingerprint density at radius 1 is 1.25 bits per heavy atom. The molecule has 0 unspecified atom stereocenters. The van der Waals surface area contributed by atoms with Crippen LogP contribution in [-0.4, -0.2) is 24.3 Å². The first-order valence-electron chi connectivity index (χ1n) is 6.26. The minimum absolute atomic E-state index is 0.123. The number of carbonyl (C=O) groups is 1. The van der Waals surface area contributed by atoms with Crippen molar-refractivity contribution >= 4 is 5.78 Å². The number of hydrogen-bond acceptors (Lipinski definition) is 3. The zero-order valence-corrected chi connectivity index (χ0v) is 11.1. The third-order valence-electron chi connectivity index (χ3n) is 2.98. The van der Waals surface area contributed by atoms with Gasteiger partial charge in [-0.1, -0.05) is 6.07 Å². The van der Waals surface area contributed by atoms with Crippen LogP contribution in [0.15, 0.2) is 41.0 Å². The monoisotopic (exact) mass is 279 g/mol. The van der Waals surface area contributed by atoms with Crippen molar-refractivity contribution in [1.82, 2.24) is 4.90 Å². The Kier molecular flexibility index (Phi) is 4.63. The third kappa shape index (κ3) is 3.51. The van der Waals surface area contributed by atoms with Gasteiger partial charge in [0.05, 0.1) is 18.4 Å². The maximum atomic E-state index is 13.5. The second-order valence-electron chi connectivity index (χ2n) is 4.59. The summed E-state index contributed by atoms with van der Waals surface area (Å²) < 4.78 is 31.7. The van der Waals surface area contributed by atoms with Crippen LogP contribution in [0, 0.1) is 11.6 Å². The number of ketones is 1. The molecule has 106 valence electrons. The highest BCUT2D eigenvalue weighted by molar-refractivity contribution is 5.96. The van der Waals surface area contributed by atoms with E-state index in [0.717, 1.165) is 11.8 Å². The molecule has 5 heteroatoms. The van der Waals surface area contributed by atoms with Gasteiger partial charge < -0.3 is 4.42 Å². The molecular formula is C15H15F2NO2. The molecule has 2 rings (SSSR count). The maximum Gasteiger partial charge on any atom is 0.169 e. The Hall–Kier alpha value is -2.01. The lowest BCUT2D eigenvalue weighted by Gasteiger charge is -2.14. The Morgan fingerprint density at radius 3 is 2.75 bits per heavy atom. The molecule has 20 heavy (non-hydrogen) atoms. The number of furan rings is 1. The van der Waals surface area contributed by atoms with Crippen LogP contribution in [0.5, 0.6) is 0 Å². The fraction of sp³-hybridized carbons (Fsp3) is 0.267. The zero-order chi connectivity index (χ0) is 14.5. The zero-order valence-electron chi connectivity index (χ0n) is 11.1. The first-order valence-corrected chi connectivity index (χ1v) is 6.26. The van der Waals surface area contributed by atoms with Gasteiger partial charge in [0.2, 0.25) is 0 Å². The van der Waals surface area contributed by atoms with E-state index in [1.807, 2.05) is 18.0 Å². The van der Waals surface area contributed by atoms with E-state index in [-0.39, 0.29) is 12.0 Å². The molecule has 1 heterocycles. The largest absolute Gasteiger partial charge is 0.468 e. The van der Waals surface area contributed by atoms with E-state index in [0.29, 0.717) is 13.1 Å². The average molecular weight is 279 g/mol. The van der Waals surface area contributed by atoms with Crippen molar-refractivity contribution in [2.45, 2.75) is 13.0 Å². The number of hydrogen-bond donors (Lipinski definition) is 0. The van der Waals surface area contributed by atoms with Crippen molar-refractivity contribution in [3.05, 3.63) is 59.6 Å². The molecule has 1 aromatic heterocycles. The van der Waals surface area contributed by atoms with Crippen molar-refractivity contribution in [3.8, 4) is 0 Å². The summed E-state index contributed by atoms with van der Waals surface area (Å²) in [5.41, 5.74) is -0.198. The van der Waals surface area contributed by atoms with Gasteiger partial charge >= 0.3 is 0 Å². The Labute approximate surface area is 115 Å². The first-order chi connectivity index (χ1) is 9.58. The van der Waals surface area contributed by atoms with Gasteiger partial charge in [-0.25, -0.2) is 8.78 Å². The molecule has 0 aliphatic rings. The second kappa shape index (κ2) is 6.43. The van der Waals surface area contributed by atoms with Gasteiger partial charge in [0.15, 0.2) is 17.4 Å². The topological polar surface area (TPSA) is 33.5 Å². The molecule has 0 saturated heterocycles. The van der Waals surface area contributed by atoms with Gasteiger partial charge in [0, 0.05) is 13.0 Å². The summed E-state index contributed by atoms with van der Waals surface area (Å²) in [6.45, 7) is 1.00. The summed E-state index contributed by atoms with van der Waals surface area (Å²) >= 11 is 0. The van der Waals surface area contributed by atoms with E-state index in [9.17, 15) is 13.6 Å².